The molecule has 1 unspecified atom stereocenters. The van der Waals surface area contributed by atoms with E-state index in [1.807, 2.05) is 12.1 Å². The first-order chi connectivity index (χ1) is 16.9. The molecule has 0 fully saturated rings. The van der Waals surface area contributed by atoms with Crippen molar-refractivity contribution in [2.45, 2.75) is 12.6 Å². The summed E-state index contributed by atoms with van der Waals surface area (Å²) < 4.78 is 29.4. The average molecular weight is 481 g/mol. The Bertz CT molecular complexity index is 1150. The summed E-state index contributed by atoms with van der Waals surface area (Å²) in [5.41, 5.74) is 8.03. The molecule has 0 bridgehead atoms. The molecule has 0 heterocycles. The first-order valence-electron chi connectivity index (χ1n) is 11.0. The van der Waals surface area contributed by atoms with Crippen LogP contribution in [0, 0.1) is 5.82 Å². The van der Waals surface area contributed by atoms with Crippen molar-refractivity contribution < 1.29 is 28.5 Å². The highest BCUT2D eigenvalue weighted by molar-refractivity contribution is 6.23. The molecule has 0 saturated heterocycles. The van der Waals surface area contributed by atoms with Gasteiger partial charge in [-0.25, -0.2) is 4.39 Å². The molecule has 0 aromatic heterocycles. The third-order valence-corrected chi connectivity index (χ3v) is 5.24. The van der Waals surface area contributed by atoms with Gasteiger partial charge in [-0.1, -0.05) is 30.3 Å². The number of methoxy groups -OCH3 is 2. The number of nitrogens with two attached hydrogens (primary N) is 1. The van der Waals surface area contributed by atoms with Crippen molar-refractivity contribution in [1.29, 1.82) is 0 Å². The lowest BCUT2D eigenvalue weighted by Gasteiger charge is -2.15. The van der Waals surface area contributed by atoms with Gasteiger partial charge in [0, 0.05) is 30.3 Å². The van der Waals surface area contributed by atoms with Crippen molar-refractivity contribution in [1.82, 2.24) is 5.32 Å². The van der Waals surface area contributed by atoms with Crippen LogP contribution < -0.4 is 25.3 Å². The Morgan fingerprint density at radius 2 is 1.71 bits per heavy atom. The number of primary amides is 1. The third-order valence-electron chi connectivity index (χ3n) is 5.24. The fourth-order valence-electron chi connectivity index (χ4n) is 3.38. The molecule has 0 aliphatic rings. The zero-order valence-corrected chi connectivity index (χ0v) is 19.7. The van der Waals surface area contributed by atoms with Crippen LogP contribution in [0.5, 0.6) is 17.2 Å². The van der Waals surface area contributed by atoms with Crippen LogP contribution in [0.15, 0.2) is 66.7 Å². The maximum absolute atomic E-state index is 13.1. The van der Waals surface area contributed by atoms with Gasteiger partial charge in [0.15, 0.2) is 0 Å². The van der Waals surface area contributed by atoms with Gasteiger partial charge in [-0.3, -0.25) is 4.79 Å². The molecule has 4 N–H and O–H groups in total. The highest BCUT2D eigenvalue weighted by Crippen LogP contribution is 2.24. The Kier molecular flexibility index (Phi) is 9.23. The molecule has 184 valence electrons. The van der Waals surface area contributed by atoms with Crippen LogP contribution in [0.25, 0.3) is 11.6 Å². The summed E-state index contributed by atoms with van der Waals surface area (Å²) >= 11 is 0. The molecule has 8 heteroatoms. The van der Waals surface area contributed by atoms with E-state index in [9.17, 15) is 14.3 Å². The third kappa shape index (κ3) is 7.56. The Morgan fingerprint density at radius 3 is 2.34 bits per heavy atom. The van der Waals surface area contributed by atoms with Crippen molar-refractivity contribution >= 4 is 17.6 Å². The van der Waals surface area contributed by atoms with Gasteiger partial charge < -0.3 is 30.4 Å². The van der Waals surface area contributed by atoms with Crippen molar-refractivity contribution in [3.63, 3.8) is 0 Å². The molecule has 1 amide bonds. The van der Waals surface area contributed by atoms with Crippen molar-refractivity contribution in [3.8, 4) is 17.2 Å². The van der Waals surface area contributed by atoms with Gasteiger partial charge in [0.1, 0.15) is 35.8 Å². The number of hydrogen-bond acceptors (Lipinski definition) is 6. The SMILES string of the molecule is COc1ccc(CNCC(O)COc2ccc(C(=Cc3ccc(F)cc3)C(N)=O)cc2)c(OC)c1. The van der Waals surface area contributed by atoms with E-state index < -0.39 is 12.0 Å². The number of ether oxygens (including phenoxy) is 3. The Morgan fingerprint density at radius 1 is 1.03 bits per heavy atom. The molecule has 0 saturated carbocycles. The second-order valence-electron chi connectivity index (χ2n) is 7.77. The first-order valence-corrected chi connectivity index (χ1v) is 11.0. The number of halogens is 1. The van der Waals surface area contributed by atoms with E-state index in [2.05, 4.69) is 5.32 Å². The van der Waals surface area contributed by atoms with E-state index >= 15 is 0 Å². The van der Waals surface area contributed by atoms with E-state index in [4.69, 9.17) is 19.9 Å². The van der Waals surface area contributed by atoms with Crippen LogP contribution in [-0.4, -0.2) is 44.5 Å². The minimum Gasteiger partial charge on any atom is -0.497 e. The van der Waals surface area contributed by atoms with Crippen LogP contribution in [0.3, 0.4) is 0 Å². The molecule has 0 aliphatic heterocycles. The number of aliphatic hydroxyl groups is 1. The van der Waals surface area contributed by atoms with E-state index in [0.29, 0.717) is 47.0 Å². The molecular formula is C27H29FN2O5. The number of benzene rings is 3. The van der Waals surface area contributed by atoms with Gasteiger partial charge >= 0.3 is 0 Å². The summed E-state index contributed by atoms with van der Waals surface area (Å²) in [5, 5.41) is 13.4. The summed E-state index contributed by atoms with van der Waals surface area (Å²) in [7, 11) is 3.19. The molecule has 1 atom stereocenters. The molecule has 35 heavy (non-hydrogen) atoms. The van der Waals surface area contributed by atoms with Crippen LogP contribution in [0.1, 0.15) is 16.7 Å². The quantitative estimate of drug-likeness (QED) is 0.271. The fraction of sp³-hybridized carbons (Fsp3) is 0.222. The van der Waals surface area contributed by atoms with Gasteiger partial charge in [-0.2, -0.15) is 0 Å². The van der Waals surface area contributed by atoms with E-state index in [1.165, 1.54) is 12.1 Å². The Labute approximate surface area is 203 Å². The lowest BCUT2D eigenvalue weighted by atomic mass is 10.0. The Balaban J connectivity index is 1.52. The normalized spacial score (nSPS) is 12.2. The molecule has 0 spiro atoms. The molecule has 0 radical (unpaired) electrons. The van der Waals surface area contributed by atoms with Crippen LogP contribution in [0.4, 0.5) is 4.39 Å². The number of aliphatic hydroxyl groups excluding tert-OH is 1. The molecule has 3 aromatic rings. The molecule has 0 aliphatic carbocycles. The molecular weight excluding hydrogens is 451 g/mol. The standard InChI is InChI=1S/C27H29FN2O5/c1-33-24-12-7-20(26(14-24)34-2)15-30-16-22(31)17-35-23-10-5-19(6-11-23)25(27(29)32)13-18-3-8-21(28)9-4-18/h3-14,22,30-31H,15-17H2,1-2H3,(H2,29,32). The minimum absolute atomic E-state index is 0.0835. The average Bonchev–Trinajstić information content (AvgIpc) is 2.87. The highest BCUT2D eigenvalue weighted by atomic mass is 19.1. The number of amides is 1. The second-order valence-corrected chi connectivity index (χ2v) is 7.77. The van der Waals surface area contributed by atoms with Crippen molar-refractivity contribution in [3.05, 3.63) is 89.2 Å². The molecule has 7 nitrogen and oxygen atoms in total. The maximum atomic E-state index is 13.1. The maximum Gasteiger partial charge on any atom is 0.249 e. The number of nitrogens with one attached hydrogen (secondary N) is 1. The second kappa shape index (κ2) is 12.5. The predicted molar refractivity (Wildman–Crippen MR) is 133 cm³/mol. The monoisotopic (exact) mass is 480 g/mol. The molecule has 3 rings (SSSR count). The van der Waals surface area contributed by atoms with Crippen LogP contribution >= 0.6 is 0 Å². The van der Waals surface area contributed by atoms with E-state index in [-0.39, 0.29) is 12.4 Å². The van der Waals surface area contributed by atoms with Crippen molar-refractivity contribution in [2.24, 2.45) is 5.73 Å². The fourth-order valence-corrected chi connectivity index (χ4v) is 3.38. The summed E-state index contributed by atoms with van der Waals surface area (Å²) in [6.45, 7) is 0.912. The number of carbonyl (C=O) groups excluding carboxylic acids is 1. The van der Waals surface area contributed by atoms with Gasteiger partial charge in [0.2, 0.25) is 5.91 Å². The summed E-state index contributed by atoms with van der Waals surface area (Å²) in [6, 6.07) is 18.1. The first kappa shape index (κ1) is 25.7. The van der Waals surface area contributed by atoms with Crippen LogP contribution in [0.2, 0.25) is 0 Å². The lowest BCUT2D eigenvalue weighted by Crippen LogP contribution is -2.31. The summed E-state index contributed by atoms with van der Waals surface area (Å²) in [4.78, 5) is 11.9. The highest BCUT2D eigenvalue weighted by Gasteiger charge is 2.11. The summed E-state index contributed by atoms with van der Waals surface area (Å²) in [6.07, 6.45) is 0.865. The lowest BCUT2D eigenvalue weighted by molar-refractivity contribution is -0.112. The van der Waals surface area contributed by atoms with Gasteiger partial charge in [-0.15, -0.1) is 0 Å². The number of rotatable bonds is 12. The number of carbonyl (C=O) groups is 1. The van der Waals surface area contributed by atoms with E-state index in [1.54, 1.807) is 62.8 Å². The zero-order valence-electron chi connectivity index (χ0n) is 19.7. The summed E-state index contributed by atoms with van der Waals surface area (Å²) in [5.74, 6) is 0.987. The largest absolute Gasteiger partial charge is 0.497 e. The molecule has 3 aromatic carbocycles. The van der Waals surface area contributed by atoms with E-state index in [0.717, 1.165) is 5.56 Å². The Hall–Kier alpha value is -3.88. The van der Waals surface area contributed by atoms with Gasteiger partial charge in [0.25, 0.3) is 0 Å². The topological polar surface area (TPSA) is 103 Å². The van der Waals surface area contributed by atoms with Gasteiger partial charge in [-0.05, 0) is 47.5 Å². The van der Waals surface area contributed by atoms with Gasteiger partial charge in [0.05, 0.1) is 14.2 Å². The minimum atomic E-state index is -0.738. The zero-order chi connectivity index (χ0) is 25.2. The predicted octanol–water partition coefficient (Wildman–Crippen LogP) is 3.40. The smallest absolute Gasteiger partial charge is 0.249 e. The van der Waals surface area contributed by atoms with Crippen molar-refractivity contribution in [2.75, 3.05) is 27.4 Å². The number of hydrogen-bond donors (Lipinski definition) is 3. The van der Waals surface area contributed by atoms with Crippen LogP contribution in [-0.2, 0) is 11.3 Å².